The zero-order valence-corrected chi connectivity index (χ0v) is 7.88. The summed E-state index contributed by atoms with van der Waals surface area (Å²) in [4.78, 5) is 0. The Bertz CT molecular complexity index is 209. The quantitative estimate of drug-likeness (QED) is 0.525. The van der Waals surface area contributed by atoms with Crippen LogP contribution in [-0.4, -0.2) is 28.4 Å². The summed E-state index contributed by atoms with van der Waals surface area (Å²) in [6.45, 7) is 3.44. The first kappa shape index (κ1) is 12.2. The highest BCUT2D eigenvalue weighted by atomic mass is 16.4. The van der Waals surface area contributed by atoms with Gasteiger partial charge in [0.1, 0.15) is 0 Å². The average molecular weight is 182 g/mol. The van der Waals surface area contributed by atoms with Crippen LogP contribution in [0.2, 0.25) is 0 Å². The molecule has 0 saturated carbocycles. The molecule has 0 amide bonds. The molecule has 0 aliphatic heterocycles. The molecular formula is C9H15BO3. The van der Waals surface area contributed by atoms with E-state index in [0.717, 1.165) is 0 Å². The fraction of sp³-hybridized carbons (Fsp3) is 0.333. The molecule has 0 aliphatic carbocycles. The predicted octanol–water partition coefficient (Wildman–Crippen LogP) is -0.247. The molecule has 0 aromatic heterocycles. The fourth-order valence-corrected chi connectivity index (χ4v) is 0.625. The van der Waals surface area contributed by atoms with Gasteiger partial charge in [-0.1, -0.05) is 30.3 Å². The van der Waals surface area contributed by atoms with E-state index < -0.39 is 7.12 Å². The van der Waals surface area contributed by atoms with Gasteiger partial charge in [0.25, 0.3) is 0 Å². The summed E-state index contributed by atoms with van der Waals surface area (Å²) in [6.07, 6.45) is -0.167. The lowest BCUT2D eigenvalue weighted by Gasteiger charge is -1.94. The maximum absolute atomic E-state index is 8.58. The van der Waals surface area contributed by atoms with E-state index >= 15 is 0 Å². The molecule has 0 aliphatic rings. The van der Waals surface area contributed by atoms with Crippen LogP contribution in [0.3, 0.4) is 0 Å². The lowest BCUT2D eigenvalue weighted by atomic mass is 9.81. The molecule has 0 fully saturated rings. The highest BCUT2D eigenvalue weighted by Gasteiger charge is 2.07. The normalized spacial score (nSPS) is 9.08. The first-order valence-electron chi connectivity index (χ1n) is 4.13. The molecule has 0 atom stereocenters. The van der Waals surface area contributed by atoms with Crippen LogP contribution in [0.5, 0.6) is 0 Å². The van der Waals surface area contributed by atoms with E-state index in [1.54, 1.807) is 38.1 Å². The standard InChI is InChI=1S/C6H7BO2.C3H8O/c8-7(9)6-4-2-1-3-5-6;1-3(2)4/h1-5,8-9H;3-4H,1-2H3. The van der Waals surface area contributed by atoms with Gasteiger partial charge in [0.15, 0.2) is 0 Å². The zero-order chi connectivity index (χ0) is 10.3. The summed E-state index contributed by atoms with van der Waals surface area (Å²) in [7, 11) is -1.34. The number of hydrogen-bond donors (Lipinski definition) is 3. The summed E-state index contributed by atoms with van der Waals surface area (Å²) < 4.78 is 0. The molecule has 1 aromatic rings. The van der Waals surface area contributed by atoms with E-state index in [-0.39, 0.29) is 6.10 Å². The van der Waals surface area contributed by atoms with Crippen LogP contribution >= 0.6 is 0 Å². The van der Waals surface area contributed by atoms with Crippen LogP contribution in [0, 0.1) is 0 Å². The van der Waals surface area contributed by atoms with Gasteiger partial charge in [0, 0.05) is 6.10 Å². The minimum Gasteiger partial charge on any atom is -0.423 e. The molecule has 0 radical (unpaired) electrons. The van der Waals surface area contributed by atoms with E-state index in [0.29, 0.717) is 5.46 Å². The molecule has 72 valence electrons. The van der Waals surface area contributed by atoms with Crippen LogP contribution < -0.4 is 5.46 Å². The smallest absolute Gasteiger partial charge is 0.423 e. The highest BCUT2D eigenvalue weighted by molar-refractivity contribution is 6.58. The fourth-order valence-electron chi connectivity index (χ4n) is 0.625. The van der Waals surface area contributed by atoms with Crippen LogP contribution in [0.15, 0.2) is 30.3 Å². The molecule has 1 rings (SSSR count). The third-order valence-corrected chi connectivity index (χ3v) is 1.10. The van der Waals surface area contributed by atoms with Gasteiger partial charge in [-0.25, -0.2) is 0 Å². The van der Waals surface area contributed by atoms with Gasteiger partial charge in [-0.15, -0.1) is 0 Å². The molecule has 0 unspecified atom stereocenters. The first-order chi connectivity index (χ1) is 6.04. The van der Waals surface area contributed by atoms with Crippen molar-refractivity contribution in [3.05, 3.63) is 30.3 Å². The summed E-state index contributed by atoms with van der Waals surface area (Å²) in [5, 5.41) is 25.2. The van der Waals surface area contributed by atoms with Crippen molar-refractivity contribution in [3.8, 4) is 0 Å². The molecule has 4 heteroatoms. The van der Waals surface area contributed by atoms with E-state index in [9.17, 15) is 0 Å². The van der Waals surface area contributed by atoms with Crippen LogP contribution in [0.1, 0.15) is 13.8 Å². The molecule has 0 spiro atoms. The predicted molar refractivity (Wildman–Crippen MR) is 53.6 cm³/mol. The third kappa shape index (κ3) is 7.52. The Morgan fingerprint density at radius 3 is 1.69 bits per heavy atom. The Kier molecular flexibility index (Phi) is 6.23. The largest absolute Gasteiger partial charge is 0.488 e. The van der Waals surface area contributed by atoms with Crippen molar-refractivity contribution < 1.29 is 15.2 Å². The Morgan fingerprint density at radius 2 is 1.46 bits per heavy atom. The summed E-state index contributed by atoms with van der Waals surface area (Å²) >= 11 is 0. The van der Waals surface area contributed by atoms with Crippen molar-refractivity contribution in [3.63, 3.8) is 0 Å². The molecule has 0 heterocycles. The Hall–Kier alpha value is -0.835. The Balaban J connectivity index is 0.000000310. The second-order valence-corrected chi connectivity index (χ2v) is 2.88. The van der Waals surface area contributed by atoms with Crippen molar-refractivity contribution in [1.82, 2.24) is 0 Å². The van der Waals surface area contributed by atoms with Gasteiger partial charge in [0.05, 0.1) is 0 Å². The van der Waals surface area contributed by atoms with E-state index in [2.05, 4.69) is 0 Å². The SMILES string of the molecule is CC(C)O.OB(O)c1ccccc1. The van der Waals surface area contributed by atoms with Crippen LogP contribution in [-0.2, 0) is 0 Å². The van der Waals surface area contributed by atoms with Gasteiger partial charge in [-0.05, 0) is 19.3 Å². The van der Waals surface area contributed by atoms with Crippen molar-refractivity contribution in [1.29, 1.82) is 0 Å². The molecule has 13 heavy (non-hydrogen) atoms. The van der Waals surface area contributed by atoms with E-state index in [1.807, 2.05) is 6.07 Å². The summed E-state index contributed by atoms with van der Waals surface area (Å²) in [5.41, 5.74) is 0.525. The monoisotopic (exact) mass is 182 g/mol. The first-order valence-corrected chi connectivity index (χ1v) is 4.13. The van der Waals surface area contributed by atoms with Gasteiger partial charge in [-0.3, -0.25) is 0 Å². The minimum absolute atomic E-state index is 0.167. The minimum atomic E-state index is -1.34. The average Bonchev–Trinajstić information content (AvgIpc) is 2.05. The summed E-state index contributed by atoms with van der Waals surface area (Å²) in [5.74, 6) is 0. The molecule has 0 bridgehead atoms. The Morgan fingerprint density at radius 1 is 1.08 bits per heavy atom. The Labute approximate surface area is 78.8 Å². The van der Waals surface area contributed by atoms with Gasteiger partial charge in [-0.2, -0.15) is 0 Å². The van der Waals surface area contributed by atoms with Crippen molar-refractivity contribution in [2.45, 2.75) is 20.0 Å². The van der Waals surface area contributed by atoms with E-state index in [1.165, 1.54) is 0 Å². The molecule has 3 nitrogen and oxygen atoms in total. The van der Waals surface area contributed by atoms with Crippen molar-refractivity contribution >= 4 is 12.6 Å². The van der Waals surface area contributed by atoms with Crippen LogP contribution in [0.25, 0.3) is 0 Å². The number of rotatable bonds is 1. The topological polar surface area (TPSA) is 60.7 Å². The summed E-state index contributed by atoms with van der Waals surface area (Å²) in [6, 6.07) is 8.66. The lowest BCUT2D eigenvalue weighted by Crippen LogP contribution is -2.29. The number of benzene rings is 1. The number of hydrogen-bond acceptors (Lipinski definition) is 3. The lowest BCUT2D eigenvalue weighted by molar-refractivity contribution is 0.216. The maximum atomic E-state index is 8.58. The molecule has 3 N–H and O–H groups in total. The molecular weight excluding hydrogens is 167 g/mol. The highest BCUT2D eigenvalue weighted by Crippen LogP contribution is 1.82. The van der Waals surface area contributed by atoms with E-state index in [4.69, 9.17) is 15.2 Å². The number of aliphatic hydroxyl groups is 1. The van der Waals surface area contributed by atoms with Crippen molar-refractivity contribution in [2.75, 3.05) is 0 Å². The van der Waals surface area contributed by atoms with Gasteiger partial charge < -0.3 is 15.2 Å². The molecule has 1 aromatic carbocycles. The second-order valence-electron chi connectivity index (χ2n) is 2.88. The van der Waals surface area contributed by atoms with Gasteiger partial charge in [0.2, 0.25) is 0 Å². The third-order valence-electron chi connectivity index (χ3n) is 1.10. The van der Waals surface area contributed by atoms with Gasteiger partial charge >= 0.3 is 7.12 Å². The number of aliphatic hydroxyl groups excluding tert-OH is 1. The maximum Gasteiger partial charge on any atom is 0.488 e. The zero-order valence-electron chi connectivity index (χ0n) is 7.88. The van der Waals surface area contributed by atoms with Crippen molar-refractivity contribution in [2.24, 2.45) is 0 Å². The molecule has 0 saturated heterocycles. The second kappa shape index (κ2) is 6.66. The van der Waals surface area contributed by atoms with Crippen LogP contribution in [0.4, 0.5) is 0 Å².